The number of ketones is 1. The van der Waals surface area contributed by atoms with Crippen molar-refractivity contribution in [1.29, 1.82) is 0 Å². The van der Waals surface area contributed by atoms with E-state index in [9.17, 15) is 9.59 Å². The van der Waals surface area contributed by atoms with Crippen molar-refractivity contribution in [2.75, 3.05) is 13.7 Å². The molecule has 0 fully saturated rings. The minimum atomic E-state index is -1.00. The van der Waals surface area contributed by atoms with E-state index in [1.165, 1.54) is 6.07 Å². The van der Waals surface area contributed by atoms with Gasteiger partial charge in [-0.25, -0.2) is 4.79 Å². The SMILES string of the molecule is CCOC(=O)C(=[N+]=[N-])C(=O)c1ccccc1OCc1ccccc1OC. The minimum absolute atomic E-state index is 0.0527. The Labute approximate surface area is 150 Å². The third-order valence-electron chi connectivity index (χ3n) is 3.49. The summed E-state index contributed by atoms with van der Waals surface area (Å²) in [6.07, 6.45) is 0. The van der Waals surface area contributed by atoms with Gasteiger partial charge in [-0.05, 0) is 25.1 Å². The molecule has 7 nitrogen and oxygen atoms in total. The van der Waals surface area contributed by atoms with Gasteiger partial charge in [-0.1, -0.05) is 30.3 Å². The van der Waals surface area contributed by atoms with E-state index >= 15 is 0 Å². The smallest absolute Gasteiger partial charge is 0.446 e. The van der Waals surface area contributed by atoms with E-state index in [1.807, 2.05) is 18.2 Å². The quantitative estimate of drug-likeness (QED) is 0.181. The highest BCUT2D eigenvalue weighted by atomic mass is 16.5. The number of methoxy groups -OCH3 is 1. The van der Waals surface area contributed by atoms with E-state index in [1.54, 1.807) is 38.3 Å². The van der Waals surface area contributed by atoms with Crippen molar-refractivity contribution in [2.24, 2.45) is 0 Å². The minimum Gasteiger partial charge on any atom is -0.496 e. The fraction of sp³-hybridized carbons (Fsp3) is 0.211. The molecule has 2 rings (SSSR count). The number of hydrogen-bond donors (Lipinski definition) is 0. The van der Waals surface area contributed by atoms with Crippen molar-refractivity contribution < 1.29 is 28.6 Å². The number of benzene rings is 2. The van der Waals surface area contributed by atoms with Gasteiger partial charge in [-0.2, -0.15) is 4.79 Å². The van der Waals surface area contributed by atoms with Crippen LogP contribution in [-0.2, 0) is 16.1 Å². The van der Waals surface area contributed by atoms with Crippen LogP contribution in [0.25, 0.3) is 5.53 Å². The van der Waals surface area contributed by atoms with Gasteiger partial charge in [0.25, 0.3) is 5.78 Å². The summed E-state index contributed by atoms with van der Waals surface area (Å²) in [5.74, 6) is -0.893. The average molecular weight is 354 g/mol. The molecule has 26 heavy (non-hydrogen) atoms. The summed E-state index contributed by atoms with van der Waals surface area (Å²) < 4.78 is 15.7. The van der Waals surface area contributed by atoms with E-state index < -0.39 is 17.5 Å². The summed E-state index contributed by atoms with van der Waals surface area (Å²) in [5.41, 5.74) is 9.20. The molecule has 0 heterocycles. The molecule has 0 aromatic heterocycles. The first-order valence-corrected chi connectivity index (χ1v) is 7.90. The summed E-state index contributed by atoms with van der Waals surface area (Å²) in [6, 6.07) is 13.7. The van der Waals surface area contributed by atoms with Gasteiger partial charge in [0.05, 0.1) is 19.3 Å². The normalized spacial score (nSPS) is 9.77. The highest BCUT2D eigenvalue weighted by Gasteiger charge is 2.34. The molecular formula is C19H18N2O5. The molecule has 2 aromatic rings. The molecule has 0 unspecified atom stereocenters. The van der Waals surface area contributed by atoms with E-state index in [2.05, 4.69) is 4.79 Å². The van der Waals surface area contributed by atoms with E-state index in [4.69, 9.17) is 19.7 Å². The predicted molar refractivity (Wildman–Crippen MR) is 93.4 cm³/mol. The molecule has 0 bridgehead atoms. The second kappa shape index (κ2) is 9.15. The Bertz CT molecular complexity index is 857. The number of para-hydroxylation sites is 2. The number of esters is 1. The van der Waals surface area contributed by atoms with Crippen LogP contribution < -0.4 is 9.47 Å². The zero-order chi connectivity index (χ0) is 18.9. The largest absolute Gasteiger partial charge is 0.496 e. The van der Waals surface area contributed by atoms with Crippen molar-refractivity contribution in [2.45, 2.75) is 13.5 Å². The molecule has 0 spiro atoms. The van der Waals surface area contributed by atoms with Crippen LogP contribution in [0.15, 0.2) is 48.5 Å². The van der Waals surface area contributed by atoms with Crippen molar-refractivity contribution in [3.05, 3.63) is 65.2 Å². The monoisotopic (exact) mass is 354 g/mol. The van der Waals surface area contributed by atoms with Gasteiger partial charge in [-0.15, -0.1) is 0 Å². The molecule has 0 saturated heterocycles. The number of carbonyl (C=O) groups excluding carboxylic acids is 2. The van der Waals surface area contributed by atoms with E-state index in [0.29, 0.717) is 5.75 Å². The van der Waals surface area contributed by atoms with Crippen molar-refractivity contribution in [3.63, 3.8) is 0 Å². The Hall–Kier alpha value is -3.44. The second-order valence-electron chi connectivity index (χ2n) is 5.09. The number of Topliss-reactive ketones (excluding diaryl/α,β-unsaturated/α-hetero) is 1. The van der Waals surface area contributed by atoms with Crippen LogP contribution >= 0.6 is 0 Å². The van der Waals surface area contributed by atoms with Crippen molar-refractivity contribution in [3.8, 4) is 11.5 Å². The molecule has 2 aromatic carbocycles. The maximum atomic E-state index is 12.6. The fourth-order valence-corrected chi connectivity index (χ4v) is 2.26. The van der Waals surface area contributed by atoms with Gasteiger partial charge in [0.15, 0.2) is 0 Å². The van der Waals surface area contributed by atoms with Crippen LogP contribution in [-0.4, -0.2) is 36.0 Å². The van der Waals surface area contributed by atoms with Crippen LogP contribution in [0.5, 0.6) is 11.5 Å². The Kier molecular flexibility index (Phi) is 6.65. The molecule has 7 heteroatoms. The topological polar surface area (TPSA) is 98.2 Å². The summed E-state index contributed by atoms with van der Waals surface area (Å²) in [5, 5.41) is 0. The van der Waals surface area contributed by atoms with Gasteiger partial charge in [0.1, 0.15) is 18.1 Å². The lowest BCUT2D eigenvalue weighted by Crippen LogP contribution is -2.28. The Balaban J connectivity index is 2.26. The van der Waals surface area contributed by atoms with Crippen LogP contribution in [0.1, 0.15) is 22.8 Å². The molecule has 0 aliphatic rings. The summed E-state index contributed by atoms with van der Waals surface area (Å²) in [4.78, 5) is 27.1. The maximum Gasteiger partial charge on any atom is 0.446 e. The molecule has 0 amide bonds. The molecule has 0 radical (unpaired) electrons. The first-order valence-electron chi connectivity index (χ1n) is 7.90. The average Bonchev–Trinajstić information content (AvgIpc) is 2.67. The van der Waals surface area contributed by atoms with E-state index in [0.717, 1.165) is 5.56 Å². The molecule has 0 saturated carbocycles. The standard InChI is InChI=1S/C19H18N2O5/c1-3-25-19(23)17(21-20)18(22)14-9-5-7-11-16(14)26-12-13-8-4-6-10-15(13)24-2/h4-11H,3,12H2,1-2H3. The predicted octanol–water partition coefficient (Wildman–Crippen LogP) is 2.69. The number of nitrogens with zero attached hydrogens (tertiary/aromatic N) is 2. The number of hydrogen-bond acceptors (Lipinski definition) is 5. The van der Waals surface area contributed by atoms with Crippen molar-refractivity contribution >= 4 is 17.5 Å². The highest BCUT2D eigenvalue weighted by Crippen LogP contribution is 2.23. The molecular weight excluding hydrogens is 336 g/mol. The van der Waals surface area contributed by atoms with Crippen LogP contribution in [0.2, 0.25) is 0 Å². The van der Waals surface area contributed by atoms with Crippen LogP contribution in [0, 0.1) is 0 Å². The van der Waals surface area contributed by atoms with Gasteiger partial charge in [0, 0.05) is 5.56 Å². The lowest BCUT2D eigenvalue weighted by molar-refractivity contribution is -0.139. The third-order valence-corrected chi connectivity index (χ3v) is 3.49. The fourth-order valence-electron chi connectivity index (χ4n) is 2.26. The number of rotatable bonds is 8. The Morgan fingerprint density at radius 1 is 1.04 bits per heavy atom. The maximum absolute atomic E-state index is 12.6. The van der Waals surface area contributed by atoms with Crippen LogP contribution in [0.3, 0.4) is 0 Å². The Morgan fingerprint density at radius 2 is 1.69 bits per heavy atom. The van der Waals surface area contributed by atoms with Crippen LogP contribution in [0.4, 0.5) is 0 Å². The van der Waals surface area contributed by atoms with Gasteiger partial charge in [0.2, 0.25) is 0 Å². The molecule has 0 aliphatic heterocycles. The van der Waals surface area contributed by atoms with E-state index in [-0.39, 0.29) is 24.5 Å². The molecule has 0 N–H and O–H groups in total. The summed E-state index contributed by atoms with van der Waals surface area (Å²) >= 11 is 0. The first kappa shape index (κ1) is 18.9. The highest BCUT2D eigenvalue weighted by molar-refractivity contribution is 6.65. The van der Waals surface area contributed by atoms with Crippen molar-refractivity contribution in [1.82, 2.24) is 0 Å². The molecule has 0 atom stereocenters. The molecule has 0 aliphatic carbocycles. The Morgan fingerprint density at radius 3 is 2.35 bits per heavy atom. The zero-order valence-corrected chi connectivity index (χ0v) is 14.5. The lowest BCUT2D eigenvalue weighted by atomic mass is 10.1. The zero-order valence-electron chi connectivity index (χ0n) is 14.5. The third kappa shape index (κ3) is 4.34. The number of ether oxygens (including phenoxy) is 3. The summed E-state index contributed by atoms with van der Waals surface area (Å²) in [6.45, 7) is 1.79. The first-order chi connectivity index (χ1) is 12.6. The number of carbonyl (C=O) groups is 2. The van der Waals surface area contributed by atoms with Gasteiger partial charge in [-0.3, -0.25) is 4.79 Å². The van der Waals surface area contributed by atoms with Gasteiger partial charge >= 0.3 is 11.7 Å². The summed E-state index contributed by atoms with van der Waals surface area (Å²) in [7, 11) is 1.56. The lowest BCUT2D eigenvalue weighted by Gasteiger charge is -2.12. The molecule has 134 valence electrons. The second-order valence-corrected chi connectivity index (χ2v) is 5.09. The van der Waals surface area contributed by atoms with Gasteiger partial charge < -0.3 is 19.7 Å².